The Bertz CT molecular complexity index is 1410. The molecule has 1 aromatic heterocycles. The van der Waals surface area contributed by atoms with Gasteiger partial charge < -0.3 is 9.62 Å². The van der Waals surface area contributed by atoms with Crippen molar-refractivity contribution in [1.82, 2.24) is 13.6 Å². The summed E-state index contributed by atoms with van der Waals surface area (Å²) < 4.78 is 52.4. The Balaban J connectivity index is 1.45. The summed E-state index contributed by atoms with van der Waals surface area (Å²) in [7, 11) is -1.65. The second kappa shape index (κ2) is 8.30. The molecule has 11 heteroatoms. The van der Waals surface area contributed by atoms with E-state index >= 15 is 0 Å². The Morgan fingerprint density at radius 2 is 2.00 bits per heavy atom. The van der Waals surface area contributed by atoms with Crippen LogP contribution in [0.4, 0.5) is 14.5 Å². The zero-order valence-electron chi connectivity index (χ0n) is 16.1. The second-order valence-electron chi connectivity index (χ2n) is 7.14. The molecule has 162 valence electrons. The van der Waals surface area contributed by atoms with Crippen LogP contribution >= 0.6 is 27.7 Å². The van der Waals surface area contributed by atoms with Gasteiger partial charge in [-0.3, -0.25) is 4.79 Å². The van der Waals surface area contributed by atoms with Crippen molar-refractivity contribution in [1.29, 1.82) is 0 Å². The minimum absolute atomic E-state index is 0.0103. The maximum atomic E-state index is 14.1. The molecule has 0 saturated heterocycles. The van der Waals surface area contributed by atoms with Crippen LogP contribution in [0.25, 0.3) is 11.0 Å². The summed E-state index contributed by atoms with van der Waals surface area (Å²) in [6.45, 7) is 0.184. The van der Waals surface area contributed by atoms with Crippen molar-refractivity contribution in [3.05, 3.63) is 81.3 Å². The smallest absolute Gasteiger partial charge is 0.254 e. The number of hydrogen-bond acceptors (Lipinski definition) is 5. The highest BCUT2D eigenvalue weighted by molar-refractivity contribution is 9.10. The van der Waals surface area contributed by atoms with E-state index in [0.29, 0.717) is 37.2 Å². The van der Waals surface area contributed by atoms with Crippen LogP contribution in [0.5, 0.6) is 0 Å². The van der Waals surface area contributed by atoms with E-state index in [9.17, 15) is 17.8 Å². The minimum Gasteiger partial charge on any atom is -0.330 e. The van der Waals surface area contributed by atoms with E-state index < -0.39 is 22.6 Å². The number of carbonyl (C=O) groups excluding carboxylic acids is 1. The number of hydrogen-bond donors (Lipinski definition) is 1. The third kappa shape index (κ3) is 3.80. The molecule has 1 amide bonds. The molecule has 1 N–H and O–H groups in total. The summed E-state index contributed by atoms with van der Waals surface area (Å²) in [6, 6.07) is 12.0. The molecule has 32 heavy (non-hydrogen) atoms. The number of rotatable bonds is 5. The van der Waals surface area contributed by atoms with Gasteiger partial charge in [0.1, 0.15) is 22.7 Å². The van der Waals surface area contributed by atoms with Gasteiger partial charge in [-0.2, -0.15) is 8.75 Å². The van der Waals surface area contributed by atoms with E-state index in [1.165, 1.54) is 11.0 Å². The Morgan fingerprint density at radius 3 is 2.81 bits per heavy atom. The largest absolute Gasteiger partial charge is 0.330 e. The van der Waals surface area contributed by atoms with E-state index in [4.69, 9.17) is 0 Å². The van der Waals surface area contributed by atoms with Crippen LogP contribution in [0.15, 0.2) is 57.9 Å². The van der Waals surface area contributed by atoms with Gasteiger partial charge in [-0.15, -0.1) is 0 Å². The van der Waals surface area contributed by atoms with Crippen molar-refractivity contribution in [2.24, 2.45) is 0 Å². The molecule has 0 saturated carbocycles. The molecule has 6 nitrogen and oxygen atoms in total. The van der Waals surface area contributed by atoms with Crippen LogP contribution in [0.3, 0.4) is 0 Å². The summed E-state index contributed by atoms with van der Waals surface area (Å²) in [6.07, 6.45) is 0. The topological polar surface area (TPSA) is 75.2 Å². The summed E-state index contributed by atoms with van der Waals surface area (Å²) in [5, 5.41) is 0. The number of nitrogens with one attached hydrogen (secondary N) is 1. The fraction of sp³-hybridized carbons (Fsp3) is 0.0952. The lowest BCUT2D eigenvalue weighted by atomic mass is 10.1. The number of carbonyl (C=O) groups is 1. The lowest BCUT2D eigenvalue weighted by molar-refractivity contribution is 0.0765. The summed E-state index contributed by atoms with van der Waals surface area (Å²) in [5.74, 6) is -1.67. The molecule has 3 aromatic carbocycles. The predicted molar refractivity (Wildman–Crippen MR) is 122 cm³/mol. The molecule has 0 fully saturated rings. The number of benzene rings is 3. The standard InChI is InChI=1S/C21H13BrF2N4O2S2/c22-12-6-14-15(10-28(21(14)29)9-11-4-5-13(23)8-16(11)24)18(7-12)27-32(30)19-3-1-2-17-20(19)26-31-25-17/h1-8,27H,9-10H2. The average molecular weight is 535 g/mol. The van der Waals surface area contributed by atoms with Crippen molar-refractivity contribution in [2.75, 3.05) is 4.72 Å². The zero-order valence-corrected chi connectivity index (χ0v) is 19.4. The lowest BCUT2D eigenvalue weighted by Gasteiger charge is -2.16. The van der Waals surface area contributed by atoms with E-state index in [-0.39, 0.29) is 24.6 Å². The van der Waals surface area contributed by atoms with E-state index in [1.807, 2.05) is 0 Å². The maximum absolute atomic E-state index is 14.1. The third-order valence-electron chi connectivity index (χ3n) is 5.11. The normalized spacial score (nSPS) is 14.1. The highest BCUT2D eigenvalue weighted by Crippen LogP contribution is 2.35. The lowest BCUT2D eigenvalue weighted by Crippen LogP contribution is -2.23. The van der Waals surface area contributed by atoms with Gasteiger partial charge in [0.25, 0.3) is 5.91 Å². The first-order chi connectivity index (χ1) is 15.4. The molecule has 5 rings (SSSR count). The summed E-state index contributed by atoms with van der Waals surface area (Å²) >= 11 is 4.44. The molecule has 1 aliphatic heterocycles. The van der Waals surface area contributed by atoms with Crippen molar-refractivity contribution in [2.45, 2.75) is 18.0 Å². The number of fused-ring (bicyclic) bond motifs is 2. The van der Waals surface area contributed by atoms with Gasteiger partial charge in [-0.25, -0.2) is 13.0 Å². The van der Waals surface area contributed by atoms with Crippen molar-refractivity contribution in [3.63, 3.8) is 0 Å². The Morgan fingerprint density at radius 1 is 1.16 bits per heavy atom. The van der Waals surface area contributed by atoms with Gasteiger partial charge in [0.05, 0.1) is 22.3 Å². The zero-order chi connectivity index (χ0) is 22.4. The number of aromatic nitrogens is 2. The van der Waals surface area contributed by atoms with E-state index in [1.54, 1.807) is 30.3 Å². The number of amides is 1. The Labute approximate surface area is 196 Å². The molecule has 1 unspecified atom stereocenters. The van der Waals surface area contributed by atoms with Gasteiger partial charge in [-0.1, -0.05) is 28.1 Å². The van der Waals surface area contributed by atoms with Crippen LogP contribution < -0.4 is 4.72 Å². The molecule has 0 spiro atoms. The fourth-order valence-electron chi connectivity index (χ4n) is 3.59. The first kappa shape index (κ1) is 21.1. The van der Waals surface area contributed by atoms with Gasteiger partial charge >= 0.3 is 0 Å². The van der Waals surface area contributed by atoms with Gasteiger partial charge in [0.15, 0.2) is 11.0 Å². The number of anilines is 1. The average Bonchev–Trinajstić information content (AvgIpc) is 3.35. The molecular formula is C21H13BrF2N4O2S2. The first-order valence-electron chi connectivity index (χ1n) is 9.36. The number of halogens is 3. The molecule has 2 heterocycles. The highest BCUT2D eigenvalue weighted by atomic mass is 79.9. The monoisotopic (exact) mass is 534 g/mol. The van der Waals surface area contributed by atoms with Crippen LogP contribution in [-0.2, 0) is 24.1 Å². The summed E-state index contributed by atoms with van der Waals surface area (Å²) in [5.41, 5.74) is 3.02. The number of nitrogens with zero attached hydrogens (tertiary/aromatic N) is 3. The quantitative estimate of drug-likeness (QED) is 0.390. The molecule has 0 bridgehead atoms. The maximum Gasteiger partial charge on any atom is 0.254 e. The van der Waals surface area contributed by atoms with Crippen LogP contribution in [-0.4, -0.2) is 23.8 Å². The molecule has 1 aliphatic rings. The fourth-order valence-corrected chi connectivity index (χ4v) is 5.68. The minimum atomic E-state index is -1.65. The molecule has 0 radical (unpaired) electrons. The van der Waals surface area contributed by atoms with Gasteiger partial charge in [-0.05, 0) is 30.3 Å². The molecular weight excluding hydrogens is 522 g/mol. The first-order valence-corrected chi connectivity index (χ1v) is 12.0. The summed E-state index contributed by atoms with van der Waals surface area (Å²) in [4.78, 5) is 14.9. The van der Waals surface area contributed by atoms with Crippen LogP contribution in [0.1, 0.15) is 21.5 Å². The molecule has 1 atom stereocenters. The SMILES string of the molecule is O=C1c2cc(Br)cc(NS(=O)c3cccc4nsnc34)c2CN1Cc1ccc(F)cc1F. The van der Waals surface area contributed by atoms with Crippen molar-refractivity contribution < 1.29 is 17.8 Å². The van der Waals surface area contributed by atoms with E-state index in [2.05, 4.69) is 29.4 Å². The van der Waals surface area contributed by atoms with Crippen molar-refractivity contribution >= 4 is 61.3 Å². The molecule has 4 aromatic rings. The van der Waals surface area contributed by atoms with Gasteiger partial charge in [0.2, 0.25) is 0 Å². The molecule has 0 aliphatic carbocycles. The van der Waals surface area contributed by atoms with Gasteiger partial charge in [0, 0.05) is 40.3 Å². The Hall–Kier alpha value is -2.76. The highest BCUT2D eigenvalue weighted by Gasteiger charge is 2.31. The van der Waals surface area contributed by atoms with Crippen molar-refractivity contribution in [3.8, 4) is 0 Å². The predicted octanol–water partition coefficient (Wildman–Crippen LogP) is 5.02. The van der Waals surface area contributed by atoms with Crippen LogP contribution in [0.2, 0.25) is 0 Å². The second-order valence-corrected chi connectivity index (χ2v) is 9.76. The van der Waals surface area contributed by atoms with E-state index in [0.717, 1.165) is 23.9 Å². The van der Waals surface area contributed by atoms with Crippen LogP contribution in [0, 0.1) is 11.6 Å². The third-order valence-corrected chi connectivity index (χ3v) is 7.24. The Kier molecular flexibility index (Phi) is 5.48.